The van der Waals surface area contributed by atoms with Crippen LogP contribution in [0.2, 0.25) is 0 Å². The van der Waals surface area contributed by atoms with E-state index in [1.807, 2.05) is 39.8 Å². The van der Waals surface area contributed by atoms with Gasteiger partial charge in [-0.25, -0.2) is 0 Å². The van der Waals surface area contributed by atoms with Crippen molar-refractivity contribution in [1.29, 1.82) is 0 Å². The molecule has 18 heavy (non-hydrogen) atoms. The first-order chi connectivity index (χ1) is 8.79. The average Bonchev–Trinajstić information content (AvgIpc) is 2.46. The molecular formula is C16H24O2. The molecule has 0 unspecified atom stereocenters. The monoisotopic (exact) mass is 248 g/mol. The van der Waals surface area contributed by atoms with Gasteiger partial charge < -0.3 is 10.2 Å². The molecule has 0 atom stereocenters. The lowest BCUT2D eigenvalue weighted by atomic mass is 10.3. The molecule has 2 aromatic rings. The second kappa shape index (κ2) is 15.0. The van der Waals surface area contributed by atoms with Crippen LogP contribution in [0.4, 0.5) is 0 Å². The van der Waals surface area contributed by atoms with Crippen LogP contribution in [-0.2, 0) is 0 Å². The minimum atomic E-state index is 0.322. The fourth-order valence-electron chi connectivity index (χ4n) is 0.856. The Bertz CT molecular complexity index is 306. The summed E-state index contributed by atoms with van der Waals surface area (Å²) in [5, 5.41) is 17.3. The Labute approximate surface area is 111 Å². The summed E-state index contributed by atoms with van der Waals surface area (Å²) in [6.07, 6.45) is 0. The second-order valence-electron chi connectivity index (χ2n) is 2.67. The molecule has 100 valence electrons. The summed E-state index contributed by atoms with van der Waals surface area (Å²) >= 11 is 0. The highest BCUT2D eigenvalue weighted by Gasteiger charge is 1.75. The Kier molecular flexibility index (Phi) is 15.4. The number of phenolic OH excluding ortho intramolecular Hbond substituents is 2. The Balaban J connectivity index is 0. The van der Waals surface area contributed by atoms with Gasteiger partial charge in [0, 0.05) is 0 Å². The largest absolute Gasteiger partial charge is 0.508 e. The highest BCUT2D eigenvalue weighted by molar-refractivity contribution is 5.19. The van der Waals surface area contributed by atoms with Gasteiger partial charge in [0.15, 0.2) is 0 Å². The first-order valence-corrected chi connectivity index (χ1v) is 6.27. The van der Waals surface area contributed by atoms with Crippen LogP contribution in [-0.4, -0.2) is 10.2 Å². The number of para-hydroxylation sites is 2. The van der Waals surface area contributed by atoms with Gasteiger partial charge in [-0.2, -0.15) is 0 Å². The van der Waals surface area contributed by atoms with E-state index in [0.29, 0.717) is 11.5 Å². The van der Waals surface area contributed by atoms with E-state index < -0.39 is 0 Å². The summed E-state index contributed by atoms with van der Waals surface area (Å²) < 4.78 is 0. The number of rotatable bonds is 0. The SMILES string of the molecule is CC.CC.Oc1ccccc1.Oc1ccccc1. The Morgan fingerprint density at radius 2 is 0.722 bits per heavy atom. The number of aromatic hydroxyl groups is 2. The molecule has 0 fully saturated rings. The van der Waals surface area contributed by atoms with E-state index in [1.165, 1.54) is 0 Å². The number of hydrogen-bond donors (Lipinski definition) is 2. The molecule has 2 aromatic carbocycles. The highest BCUT2D eigenvalue weighted by Crippen LogP contribution is 2.03. The van der Waals surface area contributed by atoms with E-state index in [9.17, 15) is 0 Å². The average molecular weight is 248 g/mol. The third-order valence-corrected chi connectivity index (χ3v) is 1.51. The van der Waals surface area contributed by atoms with Gasteiger partial charge >= 0.3 is 0 Å². The zero-order valence-corrected chi connectivity index (χ0v) is 11.7. The molecule has 0 aliphatic carbocycles. The zero-order valence-electron chi connectivity index (χ0n) is 11.7. The number of benzene rings is 2. The van der Waals surface area contributed by atoms with Crippen LogP contribution in [0.15, 0.2) is 60.7 Å². The Morgan fingerprint density at radius 1 is 0.500 bits per heavy atom. The van der Waals surface area contributed by atoms with Crippen LogP contribution < -0.4 is 0 Å². The molecule has 2 rings (SSSR count). The second-order valence-corrected chi connectivity index (χ2v) is 2.67. The minimum absolute atomic E-state index is 0.322. The maximum absolute atomic E-state index is 8.63. The van der Waals surface area contributed by atoms with Crippen molar-refractivity contribution in [3.63, 3.8) is 0 Å². The fourth-order valence-corrected chi connectivity index (χ4v) is 0.856. The third kappa shape index (κ3) is 12.1. The van der Waals surface area contributed by atoms with Crippen molar-refractivity contribution >= 4 is 0 Å². The van der Waals surface area contributed by atoms with Gasteiger partial charge in [-0.1, -0.05) is 64.1 Å². The minimum Gasteiger partial charge on any atom is -0.508 e. The van der Waals surface area contributed by atoms with Crippen LogP contribution in [0.3, 0.4) is 0 Å². The smallest absolute Gasteiger partial charge is 0.115 e. The van der Waals surface area contributed by atoms with Gasteiger partial charge in [0.05, 0.1) is 0 Å². The van der Waals surface area contributed by atoms with Crippen molar-refractivity contribution in [2.24, 2.45) is 0 Å². The fraction of sp³-hybridized carbons (Fsp3) is 0.250. The van der Waals surface area contributed by atoms with Crippen molar-refractivity contribution in [2.75, 3.05) is 0 Å². The molecule has 2 nitrogen and oxygen atoms in total. The van der Waals surface area contributed by atoms with Crippen LogP contribution in [0.1, 0.15) is 27.7 Å². The summed E-state index contributed by atoms with van der Waals surface area (Å²) in [4.78, 5) is 0. The first kappa shape index (κ1) is 18.4. The maximum atomic E-state index is 8.63. The van der Waals surface area contributed by atoms with Crippen molar-refractivity contribution in [1.82, 2.24) is 0 Å². The molecule has 0 radical (unpaired) electrons. The van der Waals surface area contributed by atoms with Gasteiger partial charge in [-0.15, -0.1) is 0 Å². The molecule has 2 heteroatoms. The maximum Gasteiger partial charge on any atom is 0.115 e. The summed E-state index contributed by atoms with van der Waals surface area (Å²) in [7, 11) is 0. The van der Waals surface area contributed by atoms with E-state index in [-0.39, 0.29) is 0 Å². The van der Waals surface area contributed by atoms with Gasteiger partial charge in [0.25, 0.3) is 0 Å². The Hall–Kier alpha value is -1.96. The first-order valence-electron chi connectivity index (χ1n) is 6.27. The lowest BCUT2D eigenvalue weighted by Crippen LogP contribution is -1.56. The van der Waals surface area contributed by atoms with Gasteiger partial charge in [0.1, 0.15) is 11.5 Å². The van der Waals surface area contributed by atoms with E-state index in [2.05, 4.69) is 0 Å². The van der Waals surface area contributed by atoms with E-state index in [0.717, 1.165) is 0 Å². The predicted octanol–water partition coefficient (Wildman–Crippen LogP) is 4.84. The lowest BCUT2D eigenvalue weighted by molar-refractivity contribution is 0.475. The molecule has 0 bridgehead atoms. The van der Waals surface area contributed by atoms with Gasteiger partial charge in [-0.3, -0.25) is 0 Å². The van der Waals surface area contributed by atoms with E-state index in [4.69, 9.17) is 10.2 Å². The zero-order chi connectivity index (χ0) is 14.2. The predicted molar refractivity (Wildman–Crippen MR) is 78.9 cm³/mol. The molecule has 0 heterocycles. The van der Waals surface area contributed by atoms with Crippen LogP contribution in [0.5, 0.6) is 11.5 Å². The molecule has 0 spiro atoms. The molecular weight excluding hydrogens is 224 g/mol. The van der Waals surface area contributed by atoms with Crippen LogP contribution in [0.25, 0.3) is 0 Å². The molecule has 0 aliphatic heterocycles. The summed E-state index contributed by atoms with van der Waals surface area (Å²) in [6.45, 7) is 8.00. The third-order valence-electron chi connectivity index (χ3n) is 1.51. The highest BCUT2D eigenvalue weighted by atomic mass is 16.3. The normalized spacial score (nSPS) is 7.33. The van der Waals surface area contributed by atoms with Gasteiger partial charge in [0.2, 0.25) is 0 Å². The molecule has 0 saturated heterocycles. The summed E-state index contributed by atoms with van der Waals surface area (Å²) in [5.74, 6) is 0.644. The lowest BCUT2D eigenvalue weighted by Gasteiger charge is -1.82. The summed E-state index contributed by atoms with van der Waals surface area (Å²) in [5.41, 5.74) is 0. The standard InChI is InChI=1S/2C6H6O.2C2H6/c2*7-6-4-2-1-3-5-6;2*1-2/h2*1-5,7H;2*1-2H3. The van der Waals surface area contributed by atoms with Crippen molar-refractivity contribution < 1.29 is 10.2 Å². The number of hydrogen-bond acceptors (Lipinski definition) is 2. The van der Waals surface area contributed by atoms with Gasteiger partial charge in [-0.05, 0) is 24.3 Å². The quantitative estimate of drug-likeness (QED) is 0.700. The van der Waals surface area contributed by atoms with Crippen molar-refractivity contribution in [3.05, 3.63) is 60.7 Å². The van der Waals surface area contributed by atoms with Crippen molar-refractivity contribution in [2.45, 2.75) is 27.7 Å². The summed E-state index contributed by atoms with van der Waals surface area (Å²) in [6, 6.07) is 17.4. The molecule has 0 saturated carbocycles. The molecule has 2 N–H and O–H groups in total. The van der Waals surface area contributed by atoms with Crippen LogP contribution in [0, 0.1) is 0 Å². The molecule has 0 aromatic heterocycles. The Morgan fingerprint density at radius 3 is 0.833 bits per heavy atom. The topological polar surface area (TPSA) is 40.5 Å². The number of phenols is 2. The van der Waals surface area contributed by atoms with E-state index in [1.54, 1.807) is 48.5 Å². The molecule has 0 aliphatic rings. The molecule has 0 amide bonds. The van der Waals surface area contributed by atoms with Crippen molar-refractivity contribution in [3.8, 4) is 11.5 Å². The van der Waals surface area contributed by atoms with E-state index >= 15 is 0 Å². The van der Waals surface area contributed by atoms with Crippen LogP contribution >= 0.6 is 0 Å².